The molecule has 4 N–H and O–H groups in total. The molecule has 0 aliphatic heterocycles. The fourth-order valence-corrected chi connectivity index (χ4v) is 1.93. The van der Waals surface area contributed by atoms with E-state index in [0.29, 0.717) is 5.69 Å². The molecular formula is C18H29N3O4. The second-order valence-corrected chi connectivity index (χ2v) is 7.75. The molecule has 25 heavy (non-hydrogen) atoms. The SMILES string of the molecule is CC(C)(C)OC(=O)NCC(NC(=O)OC(C)(C)C)c1ccc(N)cc1. The van der Waals surface area contributed by atoms with Crippen LogP contribution in [0.25, 0.3) is 0 Å². The van der Waals surface area contributed by atoms with E-state index in [-0.39, 0.29) is 6.54 Å². The first-order valence-corrected chi connectivity index (χ1v) is 8.17. The van der Waals surface area contributed by atoms with E-state index >= 15 is 0 Å². The lowest BCUT2D eigenvalue weighted by Gasteiger charge is -2.25. The quantitative estimate of drug-likeness (QED) is 0.722. The van der Waals surface area contributed by atoms with Crippen LogP contribution < -0.4 is 16.4 Å². The smallest absolute Gasteiger partial charge is 0.408 e. The normalized spacial score (nSPS) is 12.9. The average molecular weight is 351 g/mol. The van der Waals surface area contributed by atoms with Crippen LogP contribution in [0.1, 0.15) is 53.1 Å². The second kappa shape index (κ2) is 8.09. The maximum atomic E-state index is 12.1. The summed E-state index contributed by atoms with van der Waals surface area (Å²) in [7, 11) is 0. The summed E-state index contributed by atoms with van der Waals surface area (Å²) in [6.07, 6.45) is -1.13. The van der Waals surface area contributed by atoms with Crippen molar-refractivity contribution in [2.45, 2.75) is 58.8 Å². The number of amides is 2. The van der Waals surface area contributed by atoms with E-state index in [1.807, 2.05) is 0 Å². The van der Waals surface area contributed by atoms with E-state index in [1.54, 1.807) is 65.8 Å². The summed E-state index contributed by atoms with van der Waals surface area (Å²) in [6.45, 7) is 10.8. The van der Waals surface area contributed by atoms with Gasteiger partial charge in [-0.3, -0.25) is 0 Å². The maximum absolute atomic E-state index is 12.1. The highest BCUT2D eigenvalue weighted by Crippen LogP contribution is 2.16. The Bertz CT molecular complexity index is 586. The van der Waals surface area contributed by atoms with E-state index in [0.717, 1.165) is 5.56 Å². The molecule has 7 heteroatoms. The van der Waals surface area contributed by atoms with Gasteiger partial charge in [0.05, 0.1) is 6.04 Å². The Balaban J connectivity index is 2.79. The molecule has 1 unspecified atom stereocenters. The van der Waals surface area contributed by atoms with Crippen molar-refractivity contribution in [3.05, 3.63) is 29.8 Å². The number of nitrogens with one attached hydrogen (secondary N) is 2. The van der Waals surface area contributed by atoms with Crippen molar-refractivity contribution in [3.8, 4) is 0 Å². The summed E-state index contributed by atoms with van der Waals surface area (Å²) in [5, 5.41) is 5.41. The van der Waals surface area contributed by atoms with Crippen LogP contribution in [0.15, 0.2) is 24.3 Å². The fourth-order valence-electron chi connectivity index (χ4n) is 1.93. The van der Waals surface area contributed by atoms with Crippen molar-refractivity contribution in [1.82, 2.24) is 10.6 Å². The van der Waals surface area contributed by atoms with E-state index < -0.39 is 29.4 Å². The number of hydrogen-bond acceptors (Lipinski definition) is 5. The molecule has 7 nitrogen and oxygen atoms in total. The molecule has 1 aromatic carbocycles. The monoisotopic (exact) mass is 351 g/mol. The molecule has 140 valence electrons. The summed E-state index contributed by atoms with van der Waals surface area (Å²) in [5.74, 6) is 0. The molecule has 0 saturated carbocycles. The van der Waals surface area contributed by atoms with Crippen molar-refractivity contribution in [1.29, 1.82) is 0 Å². The van der Waals surface area contributed by atoms with Gasteiger partial charge in [-0.2, -0.15) is 0 Å². The average Bonchev–Trinajstić information content (AvgIpc) is 2.40. The Hall–Kier alpha value is -2.44. The van der Waals surface area contributed by atoms with Crippen LogP contribution in [0.2, 0.25) is 0 Å². The Morgan fingerprint density at radius 1 is 0.960 bits per heavy atom. The number of anilines is 1. The zero-order valence-electron chi connectivity index (χ0n) is 15.8. The van der Waals surface area contributed by atoms with Crippen molar-refractivity contribution in [3.63, 3.8) is 0 Å². The van der Waals surface area contributed by atoms with E-state index in [9.17, 15) is 9.59 Å². The number of carbonyl (C=O) groups excluding carboxylic acids is 2. The molecule has 0 aliphatic carbocycles. The van der Waals surface area contributed by atoms with Gasteiger partial charge >= 0.3 is 12.2 Å². The third kappa shape index (κ3) is 8.83. The first-order valence-electron chi connectivity index (χ1n) is 8.17. The molecule has 0 fully saturated rings. The number of nitrogen functional groups attached to an aromatic ring is 1. The summed E-state index contributed by atoms with van der Waals surface area (Å²) < 4.78 is 10.5. The highest BCUT2D eigenvalue weighted by molar-refractivity contribution is 5.70. The fraction of sp³-hybridized carbons (Fsp3) is 0.556. The van der Waals surface area contributed by atoms with E-state index in [2.05, 4.69) is 10.6 Å². The topological polar surface area (TPSA) is 103 Å². The Morgan fingerprint density at radius 3 is 1.92 bits per heavy atom. The number of rotatable bonds is 4. The molecule has 1 rings (SSSR count). The molecule has 0 saturated heterocycles. The van der Waals surface area contributed by atoms with Gasteiger partial charge in [0.1, 0.15) is 11.2 Å². The molecule has 1 atom stereocenters. The molecule has 0 heterocycles. The first-order chi connectivity index (χ1) is 11.4. The van der Waals surface area contributed by atoms with Gasteiger partial charge in [0.25, 0.3) is 0 Å². The summed E-state index contributed by atoms with van der Waals surface area (Å²) in [6, 6.07) is 6.55. The molecular weight excluding hydrogens is 322 g/mol. The predicted octanol–water partition coefficient (Wildman–Crippen LogP) is 3.36. The number of ether oxygens (including phenoxy) is 2. The number of carbonyl (C=O) groups is 2. The Kier molecular flexibility index (Phi) is 6.67. The number of nitrogens with two attached hydrogens (primary N) is 1. The minimum absolute atomic E-state index is 0.151. The zero-order valence-corrected chi connectivity index (χ0v) is 15.8. The largest absolute Gasteiger partial charge is 0.444 e. The molecule has 0 bridgehead atoms. The van der Waals surface area contributed by atoms with Crippen molar-refractivity contribution in [2.24, 2.45) is 0 Å². The van der Waals surface area contributed by atoms with Gasteiger partial charge in [0.15, 0.2) is 0 Å². The van der Waals surface area contributed by atoms with E-state index in [4.69, 9.17) is 15.2 Å². The third-order valence-corrected chi connectivity index (χ3v) is 2.88. The van der Waals surface area contributed by atoms with Gasteiger partial charge in [0, 0.05) is 12.2 Å². The van der Waals surface area contributed by atoms with Crippen molar-refractivity contribution >= 4 is 17.9 Å². The minimum Gasteiger partial charge on any atom is -0.444 e. The second-order valence-electron chi connectivity index (χ2n) is 7.75. The predicted molar refractivity (Wildman–Crippen MR) is 97.2 cm³/mol. The van der Waals surface area contributed by atoms with Crippen LogP contribution >= 0.6 is 0 Å². The van der Waals surface area contributed by atoms with Crippen LogP contribution in [0, 0.1) is 0 Å². The van der Waals surface area contributed by atoms with E-state index in [1.165, 1.54) is 0 Å². The highest BCUT2D eigenvalue weighted by Gasteiger charge is 2.22. The van der Waals surface area contributed by atoms with Crippen LogP contribution in [-0.4, -0.2) is 29.9 Å². The van der Waals surface area contributed by atoms with Crippen LogP contribution in [-0.2, 0) is 9.47 Å². The molecule has 2 amide bonds. The van der Waals surface area contributed by atoms with Crippen LogP contribution in [0.5, 0.6) is 0 Å². The summed E-state index contributed by atoms with van der Waals surface area (Å²) in [4.78, 5) is 23.9. The van der Waals surface area contributed by atoms with Gasteiger partial charge in [-0.25, -0.2) is 9.59 Å². The highest BCUT2D eigenvalue weighted by atomic mass is 16.6. The van der Waals surface area contributed by atoms with Gasteiger partial charge in [-0.1, -0.05) is 12.1 Å². The lowest BCUT2D eigenvalue weighted by Crippen LogP contribution is -2.41. The Morgan fingerprint density at radius 2 is 1.44 bits per heavy atom. The minimum atomic E-state index is -0.617. The molecule has 1 aromatic rings. The molecule has 0 aliphatic rings. The number of benzene rings is 1. The van der Waals surface area contributed by atoms with Crippen LogP contribution in [0.3, 0.4) is 0 Å². The molecule has 0 spiro atoms. The van der Waals surface area contributed by atoms with Gasteiger partial charge < -0.3 is 25.8 Å². The van der Waals surface area contributed by atoms with Gasteiger partial charge in [0.2, 0.25) is 0 Å². The van der Waals surface area contributed by atoms with Crippen molar-refractivity contribution in [2.75, 3.05) is 12.3 Å². The first kappa shape index (κ1) is 20.6. The molecule has 0 aromatic heterocycles. The number of hydrogen-bond donors (Lipinski definition) is 3. The summed E-state index contributed by atoms with van der Waals surface area (Å²) in [5.41, 5.74) is 5.89. The molecule has 0 radical (unpaired) electrons. The maximum Gasteiger partial charge on any atom is 0.408 e. The van der Waals surface area contributed by atoms with Crippen LogP contribution in [0.4, 0.5) is 15.3 Å². The lowest BCUT2D eigenvalue weighted by molar-refractivity contribution is 0.0463. The summed E-state index contributed by atoms with van der Waals surface area (Å²) >= 11 is 0. The van der Waals surface area contributed by atoms with Gasteiger partial charge in [-0.15, -0.1) is 0 Å². The van der Waals surface area contributed by atoms with Crippen molar-refractivity contribution < 1.29 is 19.1 Å². The lowest BCUT2D eigenvalue weighted by atomic mass is 10.1. The van der Waals surface area contributed by atoms with Gasteiger partial charge in [-0.05, 0) is 59.2 Å². The third-order valence-electron chi connectivity index (χ3n) is 2.88. The zero-order chi connectivity index (χ0) is 19.3. The standard InChI is InChI=1S/C18H29N3O4/c1-17(2,3)24-15(22)20-11-14(12-7-9-13(19)10-8-12)21-16(23)25-18(4,5)6/h7-10,14H,11,19H2,1-6H3,(H,20,22)(H,21,23). The Labute approximate surface area is 149 Å². The number of alkyl carbamates (subject to hydrolysis) is 2.